The topological polar surface area (TPSA) is 55.8 Å². The molecule has 0 aromatic carbocycles. The molecule has 0 saturated heterocycles. The molecule has 0 amide bonds. The van der Waals surface area contributed by atoms with Gasteiger partial charge < -0.3 is 14.4 Å². The maximum Gasteiger partial charge on any atom is 0.307 e. The van der Waals surface area contributed by atoms with Gasteiger partial charge in [0.15, 0.2) is 5.56 Å². The third-order valence-corrected chi connectivity index (χ3v) is 8.46. The van der Waals surface area contributed by atoms with E-state index >= 15 is 0 Å². The quantitative estimate of drug-likeness (QED) is 0.0290. The lowest BCUT2D eigenvalue weighted by Crippen LogP contribution is -2.16. The lowest BCUT2D eigenvalue weighted by atomic mass is 10.1. The van der Waals surface area contributed by atoms with Crippen LogP contribution in [0.1, 0.15) is 200 Å². The number of hydrogen-bond acceptors (Lipinski definition) is 5. The fraction of sp³-hybridized carbons (Fsp3) is 0.857. The van der Waals surface area contributed by atoms with Gasteiger partial charge in [-0.1, -0.05) is 152 Å². The summed E-state index contributed by atoms with van der Waals surface area (Å²) >= 11 is 6.13. The molecule has 5 nitrogen and oxygen atoms in total. The minimum Gasteiger partial charge on any atom is -0.465 e. The molecule has 0 spiro atoms. The van der Waals surface area contributed by atoms with Crippen molar-refractivity contribution in [3.05, 3.63) is 24.3 Å². The van der Waals surface area contributed by atoms with Crippen molar-refractivity contribution in [1.29, 1.82) is 0 Å². The van der Waals surface area contributed by atoms with Crippen LogP contribution in [0.2, 0.25) is 0 Å². The minimum atomic E-state index is -0.738. The van der Waals surface area contributed by atoms with Crippen molar-refractivity contribution < 1.29 is 19.1 Å². The smallest absolute Gasteiger partial charge is 0.307 e. The lowest BCUT2D eigenvalue weighted by molar-refractivity contribution is -0.147. The Morgan fingerprint density at radius 3 is 1.21 bits per heavy atom. The number of ether oxygens (including phenoxy) is 2. The van der Waals surface area contributed by atoms with Gasteiger partial charge in [0.2, 0.25) is 0 Å². The molecule has 284 valence electrons. The molecule has 1 unspecified atom stereocenters. The number of unbranched alkanes of at least 4 members (excludes halogenated alkanes) is 22. The van der Waals surface area contributed by atoms with E-state index < -0.39 is 5.56 Å². The summed E-state index contributed by atoms with van der Waals surface area (Å²) in [6, 6.07) is 0. The third kappa shape index (κ3) is 46.8. The standard InChI is InChI=1S/C39H71ClO4.C3H9N/c1-3-5-7-9-11-13-15-17-19-21-23-25-27-29-31-33-38(41)43-36-35-37(40)44-39(42)34-32-30-28-26-24-22-20-18-16-14-12-10-8-6-4-2;1-4(2)3/h17-20,37H,3-16,21-36H2,1-2H3;1-3H3/b19-17-,20-18-;. The second kappa shape index (κ2) is 41.8. The number of nitrogens with zero attached hydrogens (tertiary/aromatic N) is 1. The molecular formula is C42H80ClNO4. The van der Waals surface area contributed by atoms with Crippen LogP contribution in [0.3, 0.4) is 0 Å². The number of rotatable bonds is 34. The molecule has 0 aromatic heterocycles. The first-order chi connectivity index (χ1) is 23.3. The van der Waals surface area contributed by atoms with Gasteiger partial charge in [0.05, 0.1) is 6.61 Å². The molecule has 0 bridgehead atoms. The first-order valence-corrected chi connectivity index (χ1v) is 20.7. The highest BCUT2D eigenvalue weighted by Gasteiger charge is 2.12. The van der Waals surface area contributed by atoms with Crippen LogP contribution < -0.4 is 0 Å². The third-order valence-electron chi connectivity index (χ3n) is 8.15. The van der Waals surface area contributed by atoms with Gasteiger partial charge >= 0.3 is 11.9 Å². The summed E-state index contributed by atoms with van der Waals surface area (Å²) in [5.41, 5.74) is -0.738. The number of carbonyl (C=O) groups excluding carboxylic acids is 2. The van der Waals surface area contributed by atoms with Gasteiger partial charge in [-0.3, -0.25) is 9.59 Å². The SMILES string of the molecule is CCCCCCCC/C=C\CCCCCCCC(=O)OCCC(Cl)OC(=O)CCCCCCC/C=C\CCCCCCCC.CN(C)C. The molecule has 0 aromatic rings. The summed E-state index contributed by atoms with van der Waals surface area (Å²) in [6.45, 7) is 4.72. The zero-order chi connectivity index (χ0) is 35.8. The van der Waals surface area contributed by atoms with Gasteiger partial charge in [0, 0.05) is 19.3 Å². The Kier molecular flexibility index (Phi) is 42.5. The van der Waals surface area contributed by atoms with Crippen molar-refractivity contribution in [1.82, 2.24) is 4.90 Å². The van der Waals surface area contributed by atoms with Crippen LogP contribution in [0.15, 0.2) is 24.3 Å². The fourth-order valence-electron chi connectivity index (χ4n) is 5.28. The minimum absolute atomic E-state index is 0.189. The highest BCUT2D eigenvalue weighted by molar-refractivity contribution is 6.20. The Morgan fingerprint density at radius 2 is 0.833 bits per heavy atom. The average molecular weight is 699 g/mol. The van der Waals surface area contributed by atoms with Crippen molar-refractivity contribution in [3.8, 4) is 0 Å². The molecule has 0 rings (SSSR count). The summed E-state index contributed by atoms with van der Waals surface area (Å²) in [6.07, 6.45) is 42.6. The average Bonchev–Trinajstić information content (AvgIpc) is 3.04. The summed E-state index contributed by atoms with van der Waals surface area (Å²) in [5.74, 6) is -0.451. The van der Waals surface area contributed by atoms with E-state index in [1.165, 1.54) is 122 Å². The van der Waals surface area contributed by atoms with Crippen LogP contribution in [-0.4, -0.2) is 50.2 Å². The molecule has 0 aliphatic carbocycles. The highest BCUT2D eigenvalue weighted by atomic mass is 35.5. The van der Waals surface area contributed by atoms with Crippen molar-refractivity contribution >= 4 is 23.5 Å². The van der Waals surface area contributed by atoms with Crippen LogP contribution in [-0.2, 0) is 19.1 Å². The number of halogens is 1. The second-order valence-electron chi connectivity index (χ2n) is 13.9. The van der Waals surface area contributed by atoms with Crippen molar-refractivity contribution in [3.63, 3.8) is 0 Å². The van der Waals surface area contributed by atoms with Crippen molar-refractivity contribution in [2.24, 2.45) is 0 Å². The Labute approximate surface area is 304 Å². The zero-order valence-corrected chi connectivity index (χ0v) is 33.3. The number of alkyl halides is 1. The number of esters is 2. The normalized spacial score (nSPS) is 12.1. The summed E-state index contributed by atoms with van der Waals surface area (Å²) in [5, 5.41) is 0. The highest BCUT2D eigenvalue weighted by Crippen LogP contribution is 2.13. The van der Waals surface area contributed by atoms with Crippen LogP contribution in [0, 0.1) is 0 Å². The summed E-state index contributed by atoms with van der Waals surface area (Å²) in [4.78, 5) is 26.0. The summed E-state index contributed by atoms with van der Waals surface area (Å²) < 4.78 is 10.5. The van der Waals surface area contributed by atoms with Crippen molar-refractivity contribution in [2.75, 3.05) is 27.7 Å². The lowest BCUT2D eigenvalue weighted by Gasteiger charge is -2.11. The van der Waals surface area contributed by atoms with Gasteiger partial charge in [0.1, 0.15) is 0 Å². The van der Waals surface area contributed by atoms with E-state index in [0.717, 1.165) is 44.9 Å². The molecule has 6 heteroatoms. The number of allylic oxidation sites excluding steroid dienone is 4. The van der Waals surface area contributed by atoms with E-state index in [2.05, 4.69) is 38.2 Å². The maximum atomic E-state index is 12.0. The molecule has 0 aliphatic heterocycles. The van der Waals surface area contributed by atoms with Gasteiger partial charge in [-0.05, 0) is 85.4 Å². The van der Waals surface area contributed by atoms with E-state index in [9.17, 15) is 9.59 Å². The Bertz CT molecular complexity index is 722. The fourth-order valence-corrected chi connectivity index (χ4v) is 5.47. The molecule has 0 fully saturated rings. The zero-order valence-electron chi connectivity index (χ0n) is 32.6. The predicted molar refractivity (Wildman–Crippen MR) is 210 cm³/mol. The molecule has 0 heterocycles. The Balaban J connectivity index is 0. The summed E-state index contributed by atoms with van der Waals surface area (Å²) in [7, 11) is 6.00. The first-order valence-electron chi connectivity index (χ1n) is 20.2. The van der Waals surface area contributed by atoms with Crippen LogP contribution in [0.5, 0.6) is 0 Å². The first kappa shape index (κ1) is 48.8. The monoisotopic (exact) mass is 698 g/mol. The van der Waals surface area contributed by atoms with Crippen LogP contribution in [0.4, 0.5) is 0 Å². The molecular weight excluding hydrogens is 618 g/mol. The van der Waals surface area contributed by atoms with Crippen molar-refractivity contribution in [2.45, 2.75) is 206 Å². The van der Waals surface area contributed by atoms with Gasteiger partial charge in [-0.15, -0.1) is 0 Å². The largest absolute Gasteiger partial charge is 0.465 e. The van der Waals surface area contributed by atoms with Gasteiger partial charge in [-0.25, -0.2) is 0 Å². The van der Waals surface area contributed by atoms with Crippen LogP contribution >= 0.6 is 11.6 Å². The Hall–Kier alpha value is -1.33. The van der Waals surface area contributed by atoms with E-state index in [-0.39, 0.29) is 18.5 Å². The van der Waals surface area contributed by atoms with Crippen LogP contribution in [0.25, 0.3) is 0 Å². The predicted octanol–water partition coefficient (Wildman–Crippen LogP) is 13.3. The number of carbonyl (C=O) groups is 2. The molecule has 0 aliphatic rings. The number of hydrogen-bond donors (Lipinski definition) is 0. The molecule has 1 atom stereocenters. The maximum absolute atomic E-state index is 12.0. The Morgan fingerprint density at radius 1 is 0.521 bits per heavy atom. The molecule has 0 saturated carbocycles. The second-order valence-corrected chi connectivity index (χ2v) is 14.4. The van der Waals surface area contributed by atoms with E-state index in [1.807, 2.05) is 26.0 Å². The van der Waals surface area contributed by atoms with E-state index in [1.54, 1.807) is 0 Å². The molecule has 48 heavy (non-hydrogen) atoms. The molecule has 0 radical (unpaired) electrons. The molecule has 0 N–H and O–H groups in total. The van der Waals surface area contributed by atoms with E-state index in [0.29, 0.717) is 19.3 Å². The van der Waals surface area contributed by atoms with E-state index in [4.69, 9.17) is 21.1 Å². The van der Waals surface area contributed by atoms with Gasteiger partial charge in [-0.2, -0.15) is 0 Å². The van der Waals surface area contributed by atoms with Gasteiger partial charge in [0.25, 0.3) is 0 Å².